The van der Waals surface area contributed by atoms with Gasteiger partial charge in [-0.1, -0.05) is 13.3 Å². The number of nitrogens with one attached hydrogen (secondary N) is 1. The smallest absolute Gasteiger partial charge is 0.158 e. The number of hydrogen-bond acceptors (Lipinski definition) is 3. The second kappa shape index (κ2) is 4.62. The molecule has 2 aliphatic heterocycles. The minimum atomic E-state index is -0.201. The van der Waals surface area contributed by atoms with Crippen molar-refractivity contribution in [2.75, 3.05) is 19.8 Å². The fourth-order valence-corrected chi connectivity index (χ4v) is 2.91. The lowest BCUT2D eigenvalue weighted by Crippen LogP contribution is -2.50. The first kappa shape index (κ1) is 11.1. The monoisotopic (exact) mass is 211 g/mol. The Balaban J connectivity index is 2.06. The van der Waals surface area contributed by atoms with Gasteiger partial charge >= 0.3 is 0 Å². The summed E-state index contributed by atoms with van der Waals surface area (Å²) in [6.07, 6.45) is 5.15. The molecule has 0 aromatic rings. The quantitative estimate of drug-likeness (QED) is 0.766. The highest BCUT2D eigenvalue weighted by molar-refractivity contribution is 5.91. The van der Waals surface area contributed by atoms with Gasteiger partial charge in [0, 0.05) is 12.5 Å². The van der Waals surface area contributed by atoms with E-state index in [0.717, 1.165) is 45.3 Å². The summed E-state index contributed by atoms with van der Waals surface area (Å²) < 4.78 is 5.31. The van der Waals surface area contributed by atoms with Crippen LogP contribution >= 0.6 is 0 Å². The van der Waals surface area contributed by atoms with Gasteiger partial charge in [0.05, 0.1) is 12.1 Å². The molecule has 0 aromatic heterocycles. The molecule has 0 spiro atoms. The van der Waals surface area contributed by atoms with E-state index in [9.17, 15) is 4.79 Å². The molecule has 3 heteroatoms. The van der Waals surface area contributed by atoms with Crippen molar-refractivity contribution in [1.82, 2.24) is 5.32 Å². The number of rotatable bonds is 4. The average Bonchev–Trinajstić information content (AvgIpc) is 2.88. The second-order valence-electron chi connectivity index (χ2n) is 4.79. The van der Waals surface area contributed by atoms with Crippen LogP contribution in [0.1, 0.15) is 39.0 Å². The zero-order chi connectivity index (χ0) is 10.7. The molecule has 2 fully saturated rings. The fourth-order valence-electron chi connectivity index (χ4n) is 2.91. The van der Waals surface area contributed by atoms with Gasteiger partial charge in [-0.3, -0.25) is 4.79 Å². The van der Waals surface area contributed by atoms with Gasteiger partial charge in [0.25, 0.3) is 0 Å². The van der Waals surface area contributed by atoms with E-state index in [-0.39, 0.29) is 11.5 Å². The van der Waals surface area contributed by atoms with Gasteiger partial charge in [-0.15, -0.1) is 0 Å². The Hall–Kier alpha value is -0.410. The van der Waals surface area contributed by atoms with Gasteiger partial charge in [-0.25, -0.2) is 0 Å². The summed E-state index contributed by atoms with van der Waals surface area (Å²) in [6.45, 7) is 4.56. The summed E-state index contributed by atoms with van der Waals surface area (Å²) in [5.41, 5.74) is -0.201. The number of carbonyl (C=O) groups is 1. The van der Waals surface area contributed by atoms with Gasteiger partial charge in [-0.2, -0.15) is 0 Å². The van der Waals surface area contributed by atoms with E-state index in [1.165, 1.54) is 0 Å². The molecule has 2 unspecified atom stereocenters. The van der Waals surface area contributed by atoms with Crippen molar-refractivity contribution in [2.45, 2.75) is 44.6 Å². The molecule has 2 saturated heterocycles. The molecule has 2 atom stereocenters. The van der Waals surface area contributed by atoms with Crippen molar-refractivity contribution in [3.8, 4) is 0 Å². The van der Waals surface area contributed by atoms with Crippen molar-refractivity contribution >= 4 is 5.78 Å². The van der Waals surface area contributed by atoms with Crippen LogP contribution in [0.4, 0.5) is 0 Å². The first-order valence-electron chi connectivity index (χ1n) is 6.15. The molecule has 2 heterocycles. The highest BCUT2D eigenvalue weighted by Crippen LogP contribution is 2.31. The van der Waals surface area contributed by atoms with Crippen molar-refractivity contribution in [2.24, 2.45) is 5.92 Å². The van der Waals surface area contributed by atoms with E-state index < -0.39 is 0 Å². The van der Waals surface area contributed by atoms with Crippen LogP contribution < -0.4 is 5.32 Å². The van der Waals surface area contributed by atoms with Crippen LogP contribution in [-0.4, -0.2) is 31.1 Å². The molecule has 0 amide bonds. The molecule has 0 saturated carbocycles. The van der Waals surface area contributed by atoms with Gasteiger partial charge in [-0.05, 0) is 32.2 Å². The first-order chi connectivity index (χ1) is 7.28. The first-order valence-corrected chi connectivity index (χ1v) is 6.15. The third-order valence-corrected chi connectivity index (χ3v) is 3.69. The molecule has 2 rings (SSSR count). The molecule has 0 aromatic carbocycles. The molecular formula is C12H21NO2. The van der Waals surface area contributed by atoms with Crippen LogP contribution in [0.25, 0.3) is 0 Å². The Morgan fingerprint density at radius 2 is 2.47 bits per heavy atom. The molecule has 2 aliphatic rings. The lowest BCUT2D eigenvalue weighted by atomic mass is 9.81. The van der Waals surface area contributed by atoms with Crippen molar-refractivity contribution in [1.29, 1.82) is 0 Å². The standard InChI is InChI=1S/C12H21NO2/c1-2-5-12(6-3-7-13-12)11(14)10-4-8-15-9-10/h10,13H,2-9H2,1H3. The molecule has 15 heavy (non-hydrogen) atoms. The van der Waals surface area contributed by atoms with Crippen molar-refractivity contribution < 1.29 is 9.53 Å². The maximum Gasteiger partial charge on any atom is 0.158 e. The lowest BCUT2D eigenvalue weighted by molar-refractivity contribution is -0.129. The zero-order valence-corrected chi connectivity index (χ0v) is 9.55. The van der Waals surface area contributed by atoms with Crippen molar-refractivity contribution in [3.63, 3.8) is 0 Å². The average molecular weight is 211 g/mol. The summed E-state index contributed by atoms with van der Waals surface area (Å²) in [5, 5.41) is 3.44. The Kier molecular flexibility index (Phi) is 3.42. The minimum Gasteiger partial charge on any atom is -0.381 e. The van der Waals surface area contributed by atoms with Crippen LogP contribution in [0.5, 0.6) is 0 Å². The molecule has 0 aliphatic carbocycles. The van der Waals surface area contributed by atoms with Crippen LogP contribution in [0.3, 0.4) is 0 Å². The number of carbonyl (C=O) groups excluding carboxylic acids is 1. The molecule has 0 radical (unpaired) electrons. The molecular weight excluding hydrogens is 190 g/mol. The highest BCUT2D eigenvalue weighted by Gasteiger charge is 2.43. The second-order valence-corrected chi connectivity index (χ2v) is 4.79. The van der Waals surface area contributed by atoms with E-state index >= 15 is 0 Å². The zero-order valence-electron chi connectivity index (χ0n) is 9.55. The maximum absolute atomic E-state index is 12.4. The fraction of sp³-hybridized carbons (Fsp3) is 0.917. The van der Waals surface area contributed by atoms with Gasteiger partial charge in [0.1, 0.15) is 0 Å². The number of ether oxygens (including phenoxy) is 1. The summed E-state index contributed by atoms with van der Waals surface area (Å²) in [4.78, 5) is 12.4. The molecule has 86 valence electrons. The highest BCUT2D eigenvalue weighted by atomic mass is 16.5. The Labute approximate surface area is 91.6 Å². The van der Waals surface area contributed by atoms with E-state index in [0.29, 0.717) is 12.4 Å². The number of ketones is 1. The van der Waals surface area contributed by atoms with Crippen LogP contribution in [0.2, 0.25) is 0 Å². The number of hydrogen-bond donors (Lipinski definition) is 1. The Morgan fingerprint density at radius 3 is 3.00 bits per heavy atom. The SMILES string of the molecule is CCCC1(C(=O)C2CCOC2)CCCN1. The molecule has 3 nitrogen and oxygen atoms in total. The predicted molar refractivity (Wildman–Crippen MR) is 58.8 cm³/mol. The predicted octanol–water partition coefficient (Wildman–Crippen LogP) is 1.51. The third-order valence-electron chi connectivity index (χ3n) is 3.69. The Morgan fingerprint density at radius 1 is 1.60 bits per heavy atom. The lowest BCUT2D eigenvalue weighted by Gasteiger charge is -2.30. The van der Waals surface area contributed by atoms with E-state index in [2.05, 4.69) is 12.2 Å². The van der Waals surface area contributed by atoms with Gasteiger partial charge in [0.2, 0.25) is 0 Å². The normalized spacial score (nSPS) is 35.9. The minimum absolute atomic E-state index is 0.155. The van der Waals surface area contributed by atoms with Crippen LogP contribution in [-0.2, 0) is 9.53 Å². The van der Waals surface area contributed by atoms with Crippen LogP contribution in [0.15, 0.2) is 0 Å². The largest absolute Gasteiger partial charge is 0.381 e. The molecule has 0 bridgehead atoms. The van der Waals surface area contributed by atoms with E-state index in [1.807, 2.05) is 0 Å². The Bertz CT molecular complexity index is 228. The van der Waals surface area contributed by atoms with Crippen LogP contribution in [0, 0.1) is 5.92 Å². The maximum atomic E-state index is 12.4. The number of Topliss-reactive ketones (excluding diaryl/α,β-unsaturated/α-hetero) is 1. The third kappa shape index (κ3) is 2.08. The summed E-state index contributed by atoms with van der Waals surface area (Å²) in [5.74, 6) is 0.571. The summed E-state index contributed by atoms with van der Waals surface area (Å²) in [7, 11) is 0. The van der Waals surface area contributed by atoms with E-state index in [4.69, 9.17) is 4.74 Å². The summed E-state index contributed by atoms with van der Waals surface area (Å²) >= 11 is 0. The van der Waals surface area contributed by atoms with Gasteiger partial charge < -0.3 is 10.1 Å². The van der Waals surface area contributed by atoms with Gasteiger partial charge in [0.15, 0.2) is 5.78 Å². The van der Waals surface area contributed by atoms with E-state index in [1.54, 1.807) is 0 Å². The van der Waals surface area contributed by atoms with Crippen molar-refractivity contribution in [3.05, 3.63) is 0 Å². The summed E-state index contributed by atoms with van der Waals surface area (Å²) in [6, 6.07) is 0. The molecule has 1 N–H and O–H groups in total. The topological polar surface area (TPSA) is 38.3 Å².